The molecule has 6 heteroatoms. The predicted molar refractivity (Wildman–Crippen MR) is 110 cm³/mol. The minimum absolute atomic E-state index is 0.258. The van der Waals surface area contributed by atoms with E-state index < -0.39 is 11.2 Å². The van der Waals surface area contributed by atoms with Gasteiger partial charge in [-0.25, -0.2) is 4.79 Å². The first-order valence-electron chi connectivity index (χ1n) is 9.12. The van der Waals surface area contributed by atoms with E-state index in [2.05, 4.69) is 30.8 Å². The standard InChI is InChI=1S/C20H31BNO3S/c1-18(2,3)24-17(23)22-11-10-14-8-9-16(12-15(14)13-22)21-25-19(4,5)20(6,7)26/h8-9,12,26H,10-11,13H2,1-7H3. The molecule has 0 atom stereocenters. The van der Waals surface area contributed by atoms with Gasteiger partial charge in [-0.15, -0.1) is 0 Å². The van der Waals surface area contributed by atoms with Gasteiger partial charge in [0.15, 0.2) is 0 Å². The Balaban J connectivity index is 2.06. The third-order valence-electron chi connectivity index (χ3n) is 4.86. The fourth-order valence-electron chi connectivity index (χ4n) is 2.49. The molecule has 0 fully saturated rings. The number of ether oxygens (including phenoxy) is 1. The van der Waals surface area contributed by atoms with Crippen LogP contribution in [0.1, 0.15) is 59.6 Å². The molecule has 1 amide bonds. The molecular formula is C20H31BNO3S. The molecule has 1 aromatic rings. The van der Waals surface area contributed by atoms with Crippen molar-refractivity contribution in [2.75, 3.05) is 6.54 Å². The second-order valence-electron chi connectivity index (χ2n) is 8.99. The van der Waals surface area contributed by atoms with E-state index in [9.17, 15) is 4.79 Å². The van der Waals surface area contributed by atoms with Crippen LogP contribution in [0.25, 0.3) is 0 Å². The normalized spacial score (nSPS) is 15.5. The number of thiol groups is 1. The van der Waals surface area contributed by atoms with Crippen LogP contribution in [0.5, 0.6) is 0 Å². The van der Waals surface area contributed by atoms with Crippen LogP contribution in [0.3, 0.4) is 0 Å². The third-order valence-corrected chi connectivity index (χ3v) is 5.40. The summed E-state index contributed by atoms with van der Waals surface area (Å²) in [7, 11) is 1.78. The smallest absolute Gasteiger partial charge is 0.410 e. The number of nitrogens with zero attached hydrogens (tertiary/aromatic N) is 1. The summed E-state index contributed by atoms with van der Waals surface area (Å²) in [6.45, 7) is 15.0. The van der Waals surface area contributed by atoms with Gasteiger partial charge >= 0.3 is 13.6 Å². The molecule has 1 aliphatic rings. The van der Waals surface area contributed by atoms with E-state index in [4.69, 9.17) is 9.39 Å². The second-order valence-corrected chi connectivity index (χ2v) is 10.1. The highest BCUT2D eigenvalue weighted by atomic mass is 32.1. The van der Waals surface area contributed by atoms with Gasteiger partial charge < -0.3 is 14.3 Å². The van der Waals surface area contributed by atoms with Crippen molar-refractivity contribution in [2.45, 2.75) is 77.4 Å². The van der Waals surface area contributed by atoms with Gasteiger partial charge in [0.05, 0.1) is 5.60 Å². The minimum Gasteiger partial charge on any atom is -0.444 e. The monoisotopic (exact) mass is 376 g/mol. The molecule has 1 heterocycles. The van der Waals surface area contributed by atoms with Gasteiger partial charge in [-0.1, -0.05) is 23.7 Å². The molecule has 0 unspecified atom stereocenters. The van der Waals surface area contributed by atoms with Crippen LogP contribution in [0, 0.1) is 0 Å². The summed E-state index contributed by atoms with van der Waals surface area (Å²) in [4.78, 5) is 14.1. The lowest BCUT2D eigenvalue weighted by Crippen LogP contribution is -2.46. The minimum atomic E-state index is -0.480. The topological polar surface area (TPSA) is 38.8 Å². The van der Waals surface area contributed by atoms with Crippen LogP contribution >= 0.6 is 12.6 Å². The van der Waals surface area contributed by atoms with Crippen LogP contribution in [0.4, 0.5) is 4.79 Å². The molecule has 0 N–H and O–H groups in total. The van der Waals surface area contributed by atoms with Crippen molar-refractivity contribution in [3.05, 3.63) is 29.3 Å². The van der Waals surface area contributed by atoms with E-state index in [1.165, 1.54) is 5.56 Å². The van der Waals surface area contributed by atoms with Gasteiger partial charge in [-0.05, 0) is 66.0 Å². The quantitative estimate of drug-likeness (QED) is 0.643. The summed E-state index contributed by atoms with van der Waals surface area (Å²) in [5, 5.41) is 0. The summed E-state index contributed by atoms with van der Waals surface area (Å²) in [6, 6.07) is 6.27. The molecule has 2 rings (SSSR count). The van der Waals surface area contributed by atoms with Crippen molar-refractivity contribution < 1.29 is 14.2 Å². The number of fused-ring (bicyclic) bond motifs is 1. The predicted octanol–water partition coefficient (Wildman–Crippen LogP) is 3.73. The van der Waals surface area contributed by atoms with Crippen LogP contribution in [0.2, 0.25) is 0 Å². The summed E-state index contributed by atoms with van der Waals surface area (Å²) < 4.78 is 11.2. The van der Waals surface area contributed by atoms with Crippen molar-refractivity contribution in [2.24, 2.45) is 0 Å². The number of amides is 1. The van der Waals surface area contributed by atoms with E-state index in [1.807, 2.05) is 48.5 Å². The van der Waals surface area contributed by atoms with Crippen LogP contribution in [-0.4, -0.2) is 41.0 Å². The Morgan fingerprint density at radius 3 is 2.35 bits per heavy atom. The van der Waals surface area contributed by atoms with Gasteiger partial charge in [0.1, 0.15) is 5.60 Å². The van der Waals surface area contributed by atoms with Gasteiger partial charge in [0, 0.05) is 17.8 Å². The molecule has 4 nitrogen and oxygen atoms in total. The summed E-state index contributed by atoms with van der Waals surface area (Å²) in [6.07, 6.45) is 0.581. The van der Waals surface area contributed by atoms with Crippen molar-refractivity contribution >= 4 is 31.7 Å². The second kappa shape index (κ2) is 7.47. The summed E-state index contributed by atoms with van der Waals surface area (Å²) in [5.41, 5.74) is 2.51. The first-order chi connectivity index (χ1) is 11.8. The fraction of sp³-hybridized carbons (Fsp3) is 0.650. The lowest BCUT2D eigenvalue weighted by molar-refractivity contribution is 0.0224. The van der Waals surface area contributed by atoms with Crippen molar-refractivity contribution in [1.29, 1.82) is 0 Å². The van der Waals surface area contributed by atoms with Crippen molar-refractivity contribution in [1.82, 2.24) is 4.90 Å². The highest BCUT2D eigenvalue weighted by molar-refractivity contribution is 7.81. The molecule has 1 aliphatic heterocycles. The number of hydrogen-bond acceptors (Lipinski definition) is 4. The van der Waals surface area contributed by atoms with Crippen LogP contribution < -0.4 is 5.46 Å². The number of carbonyl (C=O) groups excluding carboxylic acids is 1. The number of benzene rings is 1. The number of hydrogen-bond donors (Lipinski definition) is 1. The number of rotatable bonds is 4. The summed E-state index contributed by atoms with van der Waals surface area (Å²) in [5.74, 6) is 0. The third kappa shape index (κ3) is 5.43. The molecular weight excluding hydrogens is 345 g/mol. The van der Waals surface area contributed by atoms with Gasteiger partial charge in [-0.2, -0.15) is 12.6 Å². The fourth-order valence-corrected chi connectivity index (χ4v) is 2.54. The zero-order valence-electron chi connectivity index (χ0n) is 17.0. The van der Waals surface area contributed by atoms with Gasteiger partial charge in [0.2, 0.25) is 0 Å². The average molecular weight is 376 g/mol. The molecule has 143 valence electrons. The Morgan fingerprint density at radius 2 is 1.77 bits per heavy atom. The molecule has 0 aromatic heterocycles. The highest BCUT2D eigenvalue weighted by Gasteiger charge is 2.34. The molecule has 0 bridgehead atoms. The van der Waals surface area contributed by atoms with E-state index in [1.54, 1.807) is 12.4 Å². The maximum atomic E-state index is 12.3. The molecule has 0 aliphatic carbocycles. The van der Waals surface area contributed by atoms with Crippen LogP contribution in [0.15, 0.2) is 18.2 Å². The lowest BCUT2D eigenvalue weighted by Gasteiger charge is -2.38. The lowest BCUT2D eigenvalue weighted by atomic mass is 9.81. The Labute approximate surface area is 164 Å². The largest absolute Gasteiger partial charge is 0.444 e. The van der Waals surface area contributed by atoms with E-state index in [-0.39, 0.29) is 10.8 Å². The SMILES string of the molecule is CC(C)(C)OC(=O)N1CCc2ccc([B]OC(C)(C)C(C)(C)S)cc2C1. The first-order valence-corrected chi connectivity index (χ1v) is 9.56. The Bertz CT molecular complexity index is 662. The Morgan fingerprint density at radius 1 is 1.12 bits per heavy atom. The molecule has 1 radical (unpaired) electrons. The van der Waals surface area contributed by atoms with E-state index >= 15 is 0 Å². The van der Waals surface area contributed by atoms with Gasteiger partial charge in [0.25, 0.3) is 0 Å². The van der Waals surface area contributed by atoms with Gasteiger partial charge in [-0.3, -0.25) is 0 Å². The average Bonchev–Trinajstić information content (AvgIpc) is 2.49. The Hall–Kier alpha value is -1.14. The van der Waals surface area contributed by atoms with Crippen molar-refractivity contribution in [3.8, 4) is 0 Å². The summed E-state index contributed by atoms with van der Waals surface area (Å²) >= 11 is 4.63. The highest BCUT2D eigenvalue weighted by Crippen LogP contribution is 2.30. The molecule has 1 aromatic carbocycles. The maximum absolute atomic E-state index is 12.3. The maximum Gasteiger partial charge on any atom is 0.410 e. The molecule has 26 heavy (non-hydrogen) atoms. The first kappa shape index (κ1) is 21.2. The molecule has 0 saturated heterocycles. The van der Waals surface area contributed by atoms with Crippen molar-refractivity contribution in [3.63, 3.8) is 0 Å². The molecule has 0 spiro atoms. The van der Waals surface area contributed by atoms with E-state index in [0.29, 0.717) is 13.1 Å². The Kier molecular flexibility index (Phi) is 6.08. The zero-order valence-corrected chi connectivity index (χ0v) is 17.9. The molecule has 0 saturated carbocycles. The van der Waals surface area contributed by atoms with E-state index in [0.717, 1.165) is 17.4 Å². The van der Waals surface area contributed by atoms with Crippen LogP contribution in [-0.2, 0) is 22.4 Å². The zero-order chi connectivity index (χ0) is 19.8. The number of carbonyl (C=O) groups is 1.